The number of nitrogens with one attached hydrogen (secondary N) is 1. The van der Waals surface area contributed by atoms with E-state index in [9.17, 15) is 4.79 Å². The monoisotopic (exact) mass is 409 g/mol. The number of aromatic nitrogens is 3. The Labute approximate surface area is 178 Å². The molecule has 0 saturated heterocycles. The van der Waals surface area contributed by atoms with Gasteiger partial charge in [-0.3, -0.25) is 9.79 Å². The van der Waals surface area contributed by atoms with Gasteiger partial charge in [0.15, 0.2) is 11.9 Å². The van der Waals surface area contributed by atoms with E-state index in [0.717, 1.165) is 28.1 Å². The number of fused-ring (bicyclic) bond motifs is 1. The molecular formula is C24H19N5O2. The Bertz CT molecular complexity index is 1280. The molecule has 31 heavy (non-hydrogen) atoms. The van der Waals surface area contributed by atoms with Crippen LogP contribution in [0.4, 0.5) is 6.01 Å². The van der Waals surface area contributed by atoms with E-state index in [1.807, 2.05) is 73.7 Å². The first-order valence-corrected chi connectivity index (χ1v) is 9.96. The van der Waals surface area contributed by atoms with Gasteiger partial charge in [0.2, 0.25) is 0 Å². The van der Waals surface area contributed by atoms with E-state index in [0.29, 0.717) is 5.69 Å². The molecule has 4 aromatic rings. The summed E-state index contributed by atoms with van der Waals surface area (Å²) in [5.74, 6) is 0.203. The molecule has 7 heteroatoms. The van der Waals surface area contributed by atoms with Gasteiger partial charge in [-0.05, 0) is 24.6 Å². The molecule has 152 valence electrons. The van der Waals surface area contributed by atoms with Crippen molar-refractivity contribution >= 4 is 17.5 Å². The number of aliphatic imine (C=N–C) groups is 1. The minimum absolute atomic E-state index is 0.0770. The number of aryl methyl sites for hydroxylation is 1. The lowest BCUT2D eigenvalue weighted by Crippen LogP contribution is -2.29. The lowest BCUT2D eigenvalue weighted by Gasteiger charge is -2.11. The summed E-state index contributed by atoms with van der Waals surface area (Å²) in [5, 5.41) is 11.1. The van der Waals surface area contributed by atoms with Crippen molar-refractivity contribution in [2.24, 2.45) is 4.99 Å². The molecule has 7 nitrogen and oxygen atoms in total. The lowest BCUT2D eigenvalue weighted by molar-refractivity contribution is -0.119. The molecule has 0 spiro atoms. The molecule has 1 N–H and O–H groups in total. The van der Waals surface area contributed by atoms with Crippen LogP contribution in [0.5, 0.6) is 0 Å². The van der Waals surface area contributed by atoms with Crippen molar-refractivity contribution in [3.8, 4) is 11.6 Å². The van der Waals surface area contributed by atoms with E-state index in [1.54, 1.807) is 6.07 Å². The van der Waals surface area contributed by atoms with Crippen molar-refractivity contribution in [2.75, 3.05) is 5.32 Å². The SMILES string of the molecule is Cc1cccc(-c2nnc(NC3N=C(c4ccccc4)c4ccccc4CC3=O)o2)n1. The number of benzene rings is 2. The Morgan fingerprint density at radius 1 is 0.935 bits per heavy atom. The van der Waals surface area contributed by atoms with E-state index in [4.69, 9.17) is 9.41 Å². The van der Waals surface area contributed by atoms with Crippen LogP contribution in [-0.4, -0.2) is 32.8 Å². The van der Waals surface area contributed by atoms with E-state index < -0.39 is 6.17 Å². The number of rotatable bonds is 4. The minimum atomic E-state index is -0.846. The molecule has 0 amide bonds. The van der Waals surface area contributed by atoms with Crippen molar-refractivity contribution in [1.29, 1.82) is 0 Å². The third kappa shape index (κ3) is 3.85. The lowest BCUT2D eigenvalue weighted by atomic mass is 9.96. The first-order valence-electron chi connectivity index (χ1n) is 9.96. The van der Waals surface area contributed by atoms with Crippen molar-refractivity contribution in [3.05, 3.63) is 95.2 Å². The molecule has 0 radical (unpaired) electrons. The number of anilines is 1. The summed E-state index contributed by atoms with van der Waals surface area (Å²) >= 11 is 0. The van der Waals surface area contributed by atoms with Crippen LogP contribution in [0.15, 0.2) is 82.2 Å². The second kappa shape index (κ2) is 7.95. The van der Waals surface area contributed by atoms with E-state index >= 15 is 0 Å². The molecule has 2 aromatic heterocycles. The number of nitrogens with zero attached hydrogens (tertiary/aromatic N) is 4. The first kappa shape index (κ1) is 18.9. The van der Waals surface area contributed by atoms with Crippen LogP contribution in [0.1, 0.15) is 22.4 Å². The highest BCUT2D eigenvalue weighted by Gasteiger charge is 2.27. The van der Waals surface area contributed by atoms with Gasteiger partial charge in [-0.15, -0.1) is 5.10 Å². The number of hydrogen-bond donors (Lipinski definition) is 1. The molecule has 0 bridgehead atoms. The second-order valence-electron chi connectivity index (χ2n) is 7.27. The number of hydrogen-bond acceptors (Lipinski definition) is 7. The highest BCUT2D eigenvalue weighted by Crippen LogP contribution is 2.23. The molecule has 0 fully saturated rings. The zero-order valence-corrected chi connectivity index (χ0v) is 16.8. The maximum atomic E-state index is 13.0. The molecule has 0 aliphatic carbocycles. The van der Waals surface area contributed by atoms with Gasteiger partial charge in [-0.25, -0.2) is 4.98 Å². The number of carbonyl (C=O) groups is 1. The Balaban J connectivity index is 1.50. The summed E-state index contributed by atoms with van der Waals surface area (Å²) < 4.78 is 5.72. The average Bonchev–Trinajstić information content (AvgIpc) is 3.21. The predicted molar refractivity (Wildman–Crippen MR) is 117 cm³/mol. The van der Waals surface area contributed by atoms with Crippen molar-refractivity contribution in [1.82, 2.24) is 15.2 Å². The molecule has 1 atom stereocenters. The summed E-state index contributed by atoms with van der Waals surface area (Å²) in [4.78, 5) is 22.2. The Kier molecular flexibility index (Phi) is 4.84. The maximum absolute atomic E-state index is 13.0. The van der Waals surface area contributed by atoms with Crippen LogP contribution >= 0.6 is 0 Å². The van der Waals surface area contributed by atoms with Crippen molar-refractivity contribution in [3.63, 3.8) is 0 Å². The predicted octanol–water partition coefficient (Wildman–Crippen LogP) is 3.84. The standard InChI is InChI=1S/C24H19N5O2/c1-15-8-7-13-19(25-15)23-28-29-24(31-23)27-22-20(30)14-17-11-5-6-12-18(17)21(26-22)16-9-3-2-4-10-16/h2-13,22H,14H2,1H3,(H,27,29). The molecule has 5 rings (SSSR count). The van der Waals surface area contributed by atoms with Crippen LogP contribution in [-0.2, 0) is 11.2 Å². The Morgan fingerprint density at radius 2 is 1.74 bits per heavy atom. The number of ketones is 1. The van der Waals surface area contributed by atoms with Gasteiger partial charge >= 0.3 is 6.01 Å². The first-order chi connectivity index (χ1) is 15.2. The Morgan fingerprint density at radius 3 is 2.58 bits per heavy atom. The van der Waals surface area contributed by atoms with Crippen LogP contribution < -0.4 is 5.32 Å². The molecule has 1 aliphatic heterocycles. The van der Waals surface area contributed by atoms with Gasteiger partial charge in [-0.1, -0.05) is 65.8 Å². The van der Waals surface area contributed by atoms with Gasteiger partial charge in [0.1, 0.15) is 5.69 Å². The van der Waals surface area contributed by atoms with Gasteiger partial charge in [-0.2, -0.15) is 0 Å². The fraction of sp³-hybridized carbons (Fsp3) is 0.125. The summed E-state index contributed by atoms with van der Waals surface area (Å²) in [6.45, 7) is 1.89. The molecular weight excluding hydrogens is 390 g/mol. The van der Waals surface area contributed by atoms with E-state index in [2.05, 4.69) is 20.5 Å². The normalized spacial score (nSPS) is 15.7. The van der Waals surface area contributed by atoms with Crippen molar-refractivity contribution in [2.45, 2.75) is 19.5 Å². The topological polar surface area (TPSA) is 93.3 Å². The Hall–Kier alpha value is -4.13. The number of carbonyl (C=O) groups excluding carboxylic acids is 1. The quantitative estimate of drug-likeness (QED) is 0.550. The van der Waals surface area contributed by atoms with Gasteiger partial charge in [0, 0.05) is 23.2 Å². The molecule has 1 aliphatic rings. The molecule has 3 heterocycles. The number of Topliss-reactive ketones (excluding diaryl/α,β-unsaturated/α-hetero) is 1. The highest BCUT2D eigenvalue weighted by molar-refractivity contribution is 6.16. The van der Waals surface area contributed by atoms with Gasteiger partial charge in [0.05, 0.1) is 5.71 Å². The molecule has 2 aromatic carbocycles. The average molecular weight is 409 g/mol. The second-order valence-corrected chi connectivity index (χ2v) is 7.27. The van der Waals surface area contributed by atoms with Crippen LogP contribution in [0.3, 0.4) is 0 Å². The van der Waals surface area contributed by atoms with Crippen LogP contribution in [0.25, 0.3) is 11.6 Å². The summed E-state index contributed by atoms with van der Waals surface area (Å²) in [5.41, 5.74) is 5.00. The largest absolute Gasteiger partial charge is 0.402 e. The van der Waals surface area contributed by atoms with Crippen LogP contribution in [0, 0.1) is 6.92 Å². The van der Waals surface area contributed by atoms with Gasteiger partial charge < -0.3 is 9.73 Å². The van der Waals surface area contributed by atoms with Crippen molar-refractivity contribution < 1.29 is 9.21 Å². The van der Waals surface area contributed by atoms with E-state index in [-0.39, 0.29) is 24.1 Å². The summed E-state index contributed by atoms with van der Waals surface area (Å²) in [6, 6.07) is 23.3. The zero-order valence-electron chi connectivity index (χ0n) is 16.8. The van der Waals surface area contributed by atoms with Crippen LogP contribution in [0.2, 0.25) is 0 Å². The zero-order chi connectivity index (χ0) is 21.2. The summed E-state index contributed by atoms with van der Waals surface area (Å²) in [7, 11) is 0. The van der Waals surface area contributed by atoms with Gasteiger partial charge in [0.25, 0.3) is 5.89 Å². The number of pyridine rings is 1. The maximum Gasteiger partial charge on any atom is 0.317 e. The third-order valence-electron chi connectivity index (χ3n) is 5.04. The molecule has 1 unspecified atom stereocenters. The smallest absolute Gasteiger partial charge is 0.317 e. The summed E-state index contributed by atoms with van der Waals surface area (Å²) in [6.07, 6.45) is -0.588. The molecule has 0 saturated carbocycles. The fourth-order valence-electron chi connectivity index (χ4n) is 3.56. The minimum Gasteiger partial charge on any atom is -0.402 e. The third-order valence-corrected chi connectivity index (χ3v) is 5.04. The fourth-order valence-corrected chi connectivity index (χ4v) is 3.56. The highest BCUT2D eigenvalue weighted by atomic mass is 16.4. The van der Waals surface area contributed by atoms with E-state index in [1.165, 1.54) is 0 Å².